The van der Waals surface area contributed by atoms with Gasteiger partial charge in [0.15, 0.2) is 0 Å². The lowest BCUT2D eigenvalue weighted by Gasteiger charge is -2.13. The molecule has 1 aromatic carbocycles. The maximum Gasteiger partial charge on any atom is 0.241 e. The van der Waals surface area contributed by atoms with Crippen LogP contribution in [0.3, 0.4) is 0 Å². The van der Waals surface area contributed by atoms with E-state index in [4.69, 9.17) is 5.73 Å². The van der Waals surface area contributed by atoms with Crippen LogP contribution in [0.15, 0.2) is 30.3 Å². The van der Waals surface area contributed by atoms with Crippen molar-refractivity contribution in [2.24, 2.45) is 5.73 Å². The van der Waals surface area contributed by atoms with Crippen molar-refractivity contribution >= 4 is 30.7 Å². The highest BCUT2D eigenvalue weighted by Gasteiger charge is 2.14. The molecule has 0 saturated carbocycles. The topological polar surface area (TPSA) is 58.4 Å². The van der Waals surface area contributed by atoms with Gasteiger partial charge < -0.3 is 16.0 Å². The van der Waals surface area contributed by atoms with E-state index in [-0.39, 0.29) is 30.7 Å². The number of halogens is 2. The molecule has 0 unspecified atom stereocenters. The molecule has 3 N–H and O–H groups in total. The Balaban J connectivity index is 0. The van der Waals surface area contributed by atoms with E-state index < -0.39 is 6.04 Å². The Labute approximate surface area is 127 Å². The molecule has 1 rings (SSSR count). The van der Waals surface area contributed by atoms with Crippen LogP contribution in [0, 0.1) is 0 Å². The van der Waals surface area contributed by atoms with Crippen molar-refractivity contribution in [2.75, 3.05) is 27.2 Å². The van der Waals surface area contributed by atoms with Crippen LogP contribution in [0.4, 0.5) is 0 Å². The van der Waals surface area contributed by atoms with Crippen LogP contribution in [0.2, 0.25) is 0 Å². The second-order valence-corrected chi connectivity index (χ2v) is 4.34. The van der Waals surface area contributed by atoms with Crippen molar-refractivity contribution in [2.45, 2.75) is 12.5 Å². The number of benzene rings is 1. The van der Waals surface area contributed by atoms with Crippen LogP contribution in [-0.2, 0) is 4.79 Å². The first kappa shape index (κ1) is 20.5. The van der Waals surface area contributed by atoms with Crippen molar-refractivity contribution in [1.29, 1.82) is 0 Å². The Kier molecular flexibility index (Phi) is 11.9. The molecule has 0 aliphatic carbocycles. The van der Waals surface area contributed by atoms with Gasteiger partial charge >= 0.3 is 0 Å². The summed E-state index contributed by atoms with van der Waals surface area (Å²) in [5.41, 5.74) is 6.70. The van der Waals surface area contributed by atoms with Crippen LogP contribution in [0.25, 0.3) is 0 Å². The molecule has 4 nitrogen and oxygen atoms in total. The second-order valence-electron chi connectivity index (χ2n) is 4.34. The molecule has 1 amide bonds. The first-order valence-corrected chi connectivity index (χ1v) is 5.84. The molecule has 0 aromatic heterocycles. The molecule has 0 aliphatic heterocycles. The molecule has 0 bridgehead atoms. The molecule has 1 atom stereocenters. The minimum absolute atomic E-state index is 0. The number of hydrogen-bond acceptors (Lipinski definition) is 3. The smallest absolute Gasteiger partial charge is 0.241 e. The Morgan fingerprint density at radius 2 is 1.84 bits per heavy atom. The Morgan fingerprint density at radius 3 is 2.37 bits per heavy atom. The van der Waals surface area contributed by atoms with Gasteiger partial charge in [-0.15, -0.1) is 24.8 Å². The van der Waals surface area contributed by atoms with Crippen molar-refractivity contribution in [3.63, 3.8) is 0 Å². The number of carbonyl (C=O) groups is 1. The molecule has 19 heavy (non-hydrogen) atoms. The van der Waals surface area contributed by atoms with Gasteiger partial charge in [-0.2, -0.15) is 0 Å². The summed E-state index contributed by atoms with van der Waals surface area (Å²) in [5, 5.41) is 2.85. The lowest BCUT2D eigenvalue weighted by atomic mass is 10.1. The number of hydrogen-bond donors (Lipinski definition) is 2. The van der Waals surface area contributed by atoms with Crippen LogP contribution >= 0.6 is 24.8 Å². The van der Waals surface area contributed by atoms with E-state index in [2.05, 4.69) is 10.2 Å². The molecule has 0 spiro atoms. The fourth-order valence-electron chi connectivity index (χ4n) is 1.53. The first-order valence-electron chi connectivity index (χ1n) is 5.84. The highest BCUT2D eigenvalue weighted by molar-refractivity contribution is 5.85. The molecule has 0 heterocycles. The van der Waals surface area contributed by atoms with Gasteiger partial charge in [-0.1, -0.05) is 30.3 Å². The van der Waals surface area contributed by atoms with Gasteiger partial charge in [0, 0.05) is 6.54 Å². The fourth-order valence-corrected chi connectivity index (χ4v) is 1.53. The van der Waals surface area contributed by atoms with Crippen LogP contribution in [-0.4, -0.2) is 38.0 Å². The third kappa shape index (κ3) is 8.06. The lowest BCUT2D eigenvalue weighted by molar-refractivity contribution is -0.122. The van der Waals surface area contributed by atoms with Gasteiger partial charge in [-0.3, -0.25) is 4.79 Å². The van der Waals surface area contributed by atoms with Crippen molar-refractivity contribution in [3.8, 4) is 0 Å². The first-order chi connectivity index (χ1) is 8.11. The minimum atomic E-state index is -0.574. The van der Waals surface area contributed by atoms with E-state index in [0.717, 1.165) is 18.5 Å². The molecular formula is C13H23Cl2N3O. The quantitative estimate of drug-likeness (QED) is 0.785. The third-order valence-corrected chi connectivity index (χ3v) is 2.52. The molecular weight excluding hydrogens is 285 g/mol. The zero-order chi connectivity index (χ0) is 12.7. The van der Waals surface area contributed by atoms with E-state index in [1.165, 1.54) is 0 Å². The predicted octanol–water partition coefficient (Wildman–Crippen LogP) is 1.60. The van der Waals surface area contributed by atoms with Crippen LogP contribution in [0.5, 0.6) is 0 Å². The van der Waals surface area contributed by atoms with Gasteiger partial charge in [0.25, 0.3) is 0 Å². The van der Waals surface area contributed by atoms with Gasteiger partial charge in [0.1, 0.15) is 6.04 Å². The Hall–Kier alpha value is -0.810. The summed E-state index contributed by atoms with van der Waals surface area (Å²) in [7, 11) is 4.02. The molecule has 110 valence electrons. The number of nitrogens with zero attached hydrogens (tertiary/aromatic N) is 1. The van der Waals surface area contributed by atoms with Gasteiger partial charge in [-0.05, 0) is 32.6 Å². The summed E-state index contributed by atoms with van der Waals surface area (Å²) >= 11 is 0. The van der Waals surface area contributed by atoms with Gasteiger partial charge in [0.05, 0.1) is 0 Å². The number of amides is 1. The highest BCUT2D eigenvalue weighted by atomic mass is 35.5. The summed E-state index contributed by atoms with van der Waals surface area (Å²) in [6.07, 6.45) is 0.931. The van der Waals surface area contributed by atoms with Crippen molar-refractivity contribution < 1.29 is 4.79 Å². The summed E-state index contributed by atoms with van der Waals surface area (Å²) in [6.45, 7) is 1.62. The van der Waals surface area contributed by atoms with E-state index in [9.17, 15) is 4.79 Å². The maximum absolute atomic E-state index is 11.7. The summed E-state index contributed by atoms with van der Waals surface area (Å²) < 4.78 is 0. The monoisotopic (exact) mass is 307 g/mol. The number of carbonyl (C=O) groups excluding carboxylic acids is 1. The maximum atomic E-state index is 11.7. The van der Waals surface area contributed by atoms with Crippen LogP contribution < -0.4 is 11.1 Å². The van der Waals surface area contributed by atoms with Gasteiger partial charge in [0.2, 0.25) is 5.91 Å². The average Bonchev–Trinajstić information content (AvgIpc) is 2.34. The number of rotatable bonds is 6. The molecule has 0 aliphatic rings. The molecule has 1 aromatic rings. The van der Waals surface area contributed by atoms with E-state index in [1.54, 1.807) is 0 Å². The average molecular weight is 308 g/mol. The zero-order valence-corrected chi connectivity index (χ0v) is 13.0. The number of nitrogens with one attached hydrogen (secondary N) is 1. The van der Waals surface area contributed by atoms with Crippen molar-refractivity contribution in [1.82, 2.24) is 10.2 Å². The standard InChI is InChI=1S/C13H21N3O.2ClH/c1-16(2)10-6-9-15-13(17)12(14)11-7-4-3-5-8-11;;/h3-5,7-8,12H,6,9-10,14H2,1-2H3,(H,15,17);2*1H/t12-;;/m0../s1. The van der Waals surface area contributed by atoms with Crippen LogP contribution in [0.1, 0.15) is 18.0 Å². The van der Waals surface area contributed by atoms with E-state index >= 15 is 0 Å². The summed E-state index contributed by atoms with van der Waals surface area (Å²) in [4.78, 5) is 13.8. The Bertz CT molecular complexity index is 347. The highest BCUT2D eigenvalue weighted by Crippen LogP contribution is 2.08. The van der Waals surface area contributed by atoms with E-state index in [0.29, 0.717) is 6.54 Å². The predicted molar refractivity (Wildman–Crippen MR) is 84.0 cm³/mol. The number of nitrogens with two attached hydrogens (primary N) is 1. The molecule has 0 saturated heterocycles. The normalized spacial score (nSPS) is 11.2. The lowest BCUT2D eigenvalue weighted by Crippen LogP contribution is -2.35. The van der Waals surface area contributed by atoms with Crippen molar-refractivity contribution in [3.05, 3.63) is 35.9 Å². The minimum Gasteiger partial charge on any atom is -0.354 e. The summed E-state index contributed by atoms with van der Waals surface area (Å²) in [5.74, 6) is -0.116. The van der Waals surface area contributed by atoms with Gasteiger partial charge in [-0.25, -0.2) is 0 Å². The van der Waals surface area contributed by atoms with E-state index in [1.807, 2.05) is 44.4 Å². The zero-order valence-electron chi connectivity index (χ0n) is 11.3. The second kappa shape index (κ2) is 11.1. The molecule has 0 fully saturated rings. The third-order valence-electron chi connectivity index (χ3n) is 2.52. The summed E-state index contributed by atoms with van der Waals surface area (Å²) in [6, 6.07) is 8.83. The molecule has 0 radical (unpaired) electrons. The molecule has 6 heteroatoms. The largest absolute Gasteiger partial charge is 0.354 e. The Morgan fingerprint density at radius 1 is 1.26 bits per heavy atom. The fraction of sp³-hybridized carbons (Fsp3) is 0.462. The SMILES string of the molecule is CN(C)CCCNC(=O)[C@@H](N)c1ccccc1.Cl.Cl.